The smallest absolute Gasteiger partial charge is 0.265 e. The number of hydrogen-bond donors (Lipinski definition) is 2. The van der Waals surface area contributed by atoms with Crippen molar-refractivity contribution in [3.05, 3.63) is 76.5 Å². The summed E-state index contributed by atoms with van der Waals surface area (Å²) in [6.07, 6.45) is 0. The zero-order chi connectivity index (χ0) is 19.8. The maximum absolute atomic E-state index is 12.2. The highest BCUT2D eigenvalue weighted by Crippen LogP contribution is 2.17. The summed E-state index contributed by atoms with van der Waals surface area (Å²) in [4.78, 5) is 24.8. The molecule has 3 rings (SSSR count). The summed E-state index contributed by atoms with van der Waals surface area (Å²) in [5.74, 6) is 1.11. The van der Waals surface area contributed by atoms with Gasteiger partial charge < -0.3 is 20.1 Å². The van der Waals surface area contributed by atoms with Gasteiger partial charge in [-0.1, -0.05) is 6.07 Å². The monoisotopic (exact) mass is 396 g/mol. The number of amides is 2. The fourth-order valence-electron chi connectivity index (χ4n) is 2.41. The first kappa shape index (κ1) is 19.4. The molecule has 0 aliphatic rings. The largest absolute Gasteiger partial charge is 0.497 e. The lowest BCUT2D eigenvalue weighted by molar-refractivity contribution is 0.0946. The van der Waals surface area contributed by atoms with Crippen LogP contribution in [0.4, 0.5) is 5.69 Å². The average molecular weight is 396 g/mol. The maximum Gasteiger partial charge on any atom is 0.265 e. The minimum Gasteiger partial charge on any atom is -0.497 e. The molecule has 7 heteroatoms. The van der Waals surface area contributed by atoms with Crippen LogP contribution in [0.2, 0.25) is 0 Å². The number of anilines is 1. The Kier molecular flexibility index (Phi) is 6.64. The van der Waals surface area contributed by atoms with E-state index in [4.69, 9.17) is 9.47 Å². The van der Waals surface area contributed by atoms with Crippen molar-refractivity contribution in [3.63, 3.8) is 0 Å². The number of methoxy groups -OCH3 is 1. The Bertz CT molecular complexity index is 907. The quantitative estimate of drug-likeness (QED) is 0.568. The molecule has 0 aliphatic heterocycles. The fraction of sp³-hybridized carbons (Fsp3) is 0.143. The molecule has 144 valence electrons. The second-order valence-electron chi connectivity index (χ2n) is 5.79. The van der Waals surface area contributed by atoms with Crippen LogP contribution in [0.25, 0.3) is 0 Å². The van der Waals surface area contributed by atoms with Crippen LogP contribution >= 0.6 is 11.3 Å². The van der Waals surface area contributed by atoms with E-state index in [1.165, 1.54) is 11.3 Å². The van der Waals surface area contributed by atoms with Crippen LogP contribution in [0.1, 0.15) is 20.0 Å². The van der Waals surface area contributed by atoms with E-state index in [-0.39, 0.29) is 11.8 Å². The Hall–Kier alpha value is -3.32. The first-order valence-electron chi connectivity index (χ1n) is 8.65. The van der Waals surface area contributed by atoms with Crippen molar-refractivity contribution in [3.8, 4) is 11.5 Å². The Morgan fingerprint density at radius 3 is 2.29 bits per heavy atom. The Labute approximate surface area is 167 Å². The van der Waals surface area contributed by atoms with Gasteiger partial charge in [-0.3, -0.25) is 9.59 Å². The molecular weight excluding hydrogens is 376 g/mol. The van der Waals surface area contributed by atoms with Crippen LogP contribution in [-0.4, -0.2) is 32.1 Å². The third-order valence-electron chi connectivity index (χ3n) is 3.87. The van der Waals surface area contributed by atoms with Crippen LogP contribution in [0.5, 0.6) is 11.5 Å². The molecule has 0 radical (unpaired) electrons. The standard InChI is InChI=1S/C21H20N2O4S/c1-26-17-8-10-18(11-9-17)27-13-12-22-20(24)15-4-6-16(7-5-15)23-21(25)19-3-2-14-28-19/h2-11,14H,12-13H2,1H3,(H,22,24)(H,23,25). The molecule has 0 bridgehead atoms. The lowest BCUT2D eigenvalue weighted by Gasteiger charge is -2.09. The Balaban J connectivity index is 1.43. The van der Waals surface area contributed by atoms with Crippen molar-refractivity contribution in [2.45, 2.75) is 0 Å². The first-order valence-corrected chi connectivity index (χ1v) is 9.53. The zero-order valence-corrected chi connectivity index (χ0v) is 16.1. The fourth-order valence-corrected chi connectivity index (χ4v) is 3.03. The van der Waals surface area contributed by atoms with E-state index in [2.05, 4.69) is 10.6 Å². The van der Waals surface area contributed by atoms with E-state index < -0.39 is 0 Å². The average Bonchev–Trinajstić information content (AvgIpc) is 3.27. The van der Waals surface area contributed by atoms with E-state index in [9.17, 15) is 9.59 Å². The van der Waals surface area contributed by atoms with Gasteiger partial charge in [0.05, 0.1) is 18.5 Å². The van der Waals surface area contributed by atoms with Crippen LogP contribution < -0.4 is 20.1 Å². The summed E-state index contributed by atoms with van der Waals surface area (Å²) >= 11 is 1.38. The molecule has 0 saturated heterocycles. The molecule has 0 fully saturated rings. The van der Waals surface area contributed by atoms with Crippen molar-refractivity contribution in [1.29, 1.82) is 0 Å². The summed E-state index contributed by atoms with van der Waals surface area (Å²) in [5, 5.41) is 7.45. The van der Waals surface area contributed by atoms with Crippen LogP contribution in [0, 0.1) is 0 Å². The summed E-state index contributed by atoms with van der Waals surface area (Å²) in [6, 6.07) is 17.6. The molecule has 0 spiro atoms. The molecule has 0 unspecified atom stereocenters. The highest BCUT2D eigenvalue weighted by Gasteiger charge is 2.08. The van der Waals surface area contributed by atoms with Gasteiger partial charge in [0.1, 0.15) is 18.1 Å². The van der Waals surface area contributed by atoms with Gasteiger partial charge in [0.2, 0.25) is 0 Å². The minimum absolute atomic E-state index is 0.164. The Morgan fingerprint density at radius 2 is 1.64 bits per heavy atom. The topological polar surface area (TPSA) is 76.7 Å². The molecule has 2 amide bonds. The van der Waals surface area contributed by atoms with E-state index in [0.717, 1.165) is 5.75 Å². The molecule has 0 aliphatic carbocycles. The number of carbonyl (C=O) groups excluding carboxylic acids is 2. The number of rotatable bonds is 8. The Morgan fingerprint density at radius 1 is 0.929 bits per heavy atom. The molecule has 2 aromatic carbocycles. The number of hydrogen-bond acceptors (Lipinski definition) is 5. The van der Waals surface area contributed by atoms with Crippen molar-refractivity contribution < 1.29 is 19.1 Å². The SMILES string of the molecule is COc1ccc(OCCNC(=O)c2ccc(NC(=O)c3cccs3)cc2)cc1. The molecule has 0 saturated carbocycles. The number of benzene rings is 2. The number of thiophene rings is 1. The lowest BCUT2D eigenvalue weighted by Crippen LogP contribution is -2.28. The molecule has 28 heavy (non-hydrogen) atoms. The van der Waals surface area contributed by atoms with Gasteiger partial charge in [-0.25, -0.2) is 0 Å². The van der Waals surface area contributed by atoms with Crippen molar-refractivity contribution in [2.75, 3.05) is 25.6 Å². The summed E-state index contributed by atoms with van der Waals surface area (Å²) in [7, 11) is 1.61. The maximum atomic E-state index is 12.2. The lowest BCUT2D eigenvalue weighted by atomic mass is 10.2. The van der Waals surface area contributed by atoms with Gasteiger partial charge in [0.15, 0.2) is 0 Å². The predicted octanol–water partition coefficient (Wildman–Crippen LogP) is 3.82. The van der Waals surface area contributed by atoms with E-state index >= 15 is 0 Å². The molecule has 6 nitrogen and oxygen atoms in total. The third kappa shape index (κ3) is 5.34. The number of nitrogens with one attached hydrogen (secondary N) is 2. The zero-order valence-electron chi connectivity index (χ0n) is 15.3. The van der Waals surface area contributed by atoms with E-state index in [0.29, 0.717) is 35.0 Å². The minimum atomic E-state index is -0.200. The normalized spacial score (nSPS) is 10.2. The summed E-state index contributed by atoms with van der Waals surface area (Å²) in [5.41, 5.74) is 1.15. The first-order chi connectivity index (χ1) is 13.7. The molecule has 3 aromatic rings. The van der Waals surface area contributed by atoms with Gasteiger partial charge in [-0.2, -0.15) is 0 Å². The van der Waals surface area contributed by atoms with Crippen molar-refractivity contribution in [2.24, 2.45) is 0 Å². The highest BCUT2D eigenvalue weighted by atomic mass is 32.1. The molecule has 0 atom stereocenters. The number of ether oxygens (including phenoxy) is 2. The van der Waals surface area contributed by atoms with Crippen molar-refractivity contribution in [1.82, 2.24) is 5.32 Å². The second-order valence-corrected chi connectivity index (χ2v) is 6.74. The van der Waals surface area contributed by atoms with Gasteiger partial charge in [0.25, 0.3) is 11.8 Å². The third-order valence-corrected chi connectivity index (χ3v) is 4.73. The molecular formula is C21H20N2O4S. The van der Waals surface area contributed by atoms with Gasteiger partial charge in [0, 0.05) is 11.3 Å². The summed E-state index contributed by atoms with van der Waals surface area (Å²) in [6.45, 7) is 0.731. The van der Waals surface area contributed by atoms with E-state index in [1.54, 1.807) is 37.4 Å². The molecule has 1 heterocycles. The van der Waals surface area contributed by atoms with Crippen LogP contribution in [0.15, 0.2) is 66.0 Å². The molecule has 1 aromatic heterocycles. The molecule has 2 N–H and O–H groups in total. The van der Waals surface area contributed by atoms with Crippen molar-refractivity contribution >= 4 is 28.8 Å². The highest BCUT2D eigenvalue weighted by molar-refractivity contribution is 7.12. The van der Waals surface area contributed by atoms with Crippen LogP contribution in [0.3, 0.4) is 0 Å². The predicted molar refractivity (Wildman–Crippen MR) is 110 cm³/mol. The van der Waals surface area contributed by atoms with Gasteiger partial charge >= 0.3 is 0 Å². The number of carbonyl (C=O) groups is 2. The van der Waals surface area contributed by atoms with Gasteiger partial charge in [-0.15, -0.1) is 11.3 Å². The van der Waals surface area contributed by atoms with Crippen LogP contribution in [-0.2, 0) is 0 Å². The second kappa shape index (κ2) is 9.57. The van der Waals surface area contributed by atoms with E-state index in [1.807, 2.05) is 35.7 Å². The van der Waals surface area contributed by atoms with Gasteiger partial charge in [-0.05, 0) is 60.0 Å². The summed E-state index contributed by atoms with van der Waals surface area (Å²) < 4.78 is 10.7.